The molecule has 5 aromatic carbocycles. The topological polar surface area (TPSA) is 8.17 Å². The van der Waals surface area contributed by atoms with Gasteiger partial charge in [0.25, 0.3) is 0 Å². The average Bonchev–Trinajstić information content (AvgIpc) is 3.20. The van der Waals surface area contributed by atoms with Crippen molar-refractivity contribution >= 4 is 38.9 Å². The summed E-state index contributed by atoms with van der Waals surface area (Å²) in [5.41, 5.74) is 9.63. The van der Waals surface area contributed by atoms with Crippen LogP contribution in [0.1, 0.15) is 11.1 Å². The van der Waals surface area contributed by atoms with E-state index in [1.165, 1.54) is 44.3 Å². The zero-order valence-corrected chi connectivity index (χ0v) is 19.4. The third kappa shape index (κ3) is 3.36. The third-order valence-corrected chi connectivity index (χ3v) is 6.58. The quantitative estimate of drug-likeness (QED) is 0.267. The molecule has 0 spiro atoms. The molecule has 0 saturated carbocycles. The summed E-state index contributed by atoms with van der Waals surface area (Å²) in [6.45, 7) is 4.30. The number of hydrogen-bond acceptors (Lipinski definition) is 1. The highest BCUT2D eigenvalue weighted by Crippen LogP contribution is 2.40. The van der Waals surface area contributed by atoms with E-state index in [2.05, 4.69) is 145 Å². The van der Waals surface area contributed by atoms with Gasteiger partial charge in [-0.25, -0.2) is 0 Å². The molecule has 0 atom stereocenters. The molecule has 6 rings (SSSR count). The smallest absolute Gasteiger partial charge is 0.0542 e. The van der Waals surface area contributed by atoms with Gasteiger partial charge in [0.2, 0.25) is 0 Å². The van der Waals surface area contributed by atoms with Gasteiger partial charge in [-0.2, -0.15) is 0 Å². The number of para-hydroxylation sites is 3. The van der Waals surface area contributed by atoms with Crippen molar-refractivity contribution < 1.29 is 0 Å². The Morgan fingerprint density at radius 1 is 0.529 bits per heavy atom. The second-order valence-corrected chi connectivity index (χ2v) is 8.85. The molecule has 0 aliphatic rings. The second kappa shape index (κ2) is 8.24. The number of fused-ring (bicyclic) bond motifs is 3. The van der Waals surface area contributed by atoms with Gasteiger partial charge in [0.1, 0.15) is 0 Å². The van der Waals surface area contributed by atoms with Gasteiger partial charge in [0.05, 0.1) is 11.0 Å². The number of hydrogen-bond donors (Lipinski definition) is 0. The number of rotatable bonds is 4. The minimum atomic E-state index is 1.15. The number of anilines is 3. The summed E-state index contributed by atoms with van der Waals surface area (Å²) < 4.78 is 2.37. The molecule has 1 heterocycles. The van der Waals surface area contributed by atoms with Gasteiger partial charge in [-0.15, -0.1) is 0 Å². The van der Waals surface area contributed by atoms with Gasteiger partial charge in [0, 0.05) is 33.5 Å². The van der Waals surface area contributed by atoms with Gasteiger partial charge >= 0.3 is 0 Å². The molecule has 0 unspecified atom stereocenters. The first-order valence-corrected chi connectivity index (χ1v) is 11.7. The second-order valence-electron chi connectivity index (χ2n) is 8.85. The predicted octanol–water partition coefficient (Wildman–Crippen LogP) is 8.87. The van der Waals surface area contributed by atoms with Crippen molar-refractivity contribution in [3.63, 3.8) is 0 Å². The molecule has 164 valence electrons. The van der Waals surface area contributed by atoms with E-state index in [1.54, 1.807) is 0 Å². The summed E-state index contributed by atoms with van der Waals surface area (Å²) in [6.07, 6.45) is 0. The maximum absolute atomic E-state index is 2.37. The lowest BCUT2D eigenvalue weighted by molar-refractivity contribution is 1.17. The van der Waals surface area contributed by atoms with Crippen LogP contribution in [0.25, 0.3) is 27.5 Å². The lowest BCUT2D eigenvalue weighted by Gasteiger charge is -2.27. The van der Waals surface area contributed by atoms with Crippen molar-refractivity contribution in [3.8, 4) is 5.69 Å². The summed E-state index contributed by atoms with van der Waals surface area (Å²) in [7, 11) is 0. The Hall–Kier alpha value is -4.30. The Balaban J connectivity index is 1.62. The van der Waals surface area contributed by atoms with Crippen LogP contribution in [-0.4, -0.2) is 4.57 Å². The van der Waals surface area contributed by atoms with Crippen LogP contribution < -0.4 is 4.90 Å². The van der Waals surface area contributed by atoms with Crippen molar-refractivity contribution in [2.75, 3.05) is 4.90 Å². The number of benzene rings is 5. The van der Waals surface area contributed by atoms with Crippen LogP contribution in [0.5, 0.6) is 0 Å². The minimum absolute atomic E-state index is 1.15. The van der Waals surface area contributed by atoms with Gasteiger partial charge in [0.15, 0.2) is 0 Å². The minimum Gasteiger partial charge on any atom is -0.310 e. The Morgan fingerprint density at radius 3 is 2.00 bits per heavy atom. The molecule has 2 heteroatoms. The first-order valence-electron chi connectivity index (χ1n) is 11.7. The van der Waals surface area contributed by atoms with Crippen molar-refractivity contribution in [3.05, 3.63) is 132 Å². The van der Waals surface area contributed by atoms with E-state index in [0.29, 0.717) is 0 Å². The summed E-state index contributed by atoms with van der Waals surface area (Å²) in [5, 5.41) is 2.51. The monoisotopic (exact) mass is 438 g/mol. The summed E-state index contributed by atoms with van der Waals surface area (Å²) >= 11 is 0. The van der Waals surface area contributed by atoms with E-state index in [9.17, 15) is 0 Å². The molecule has 34 heavy (non-hydrogen) atoms. The Bertz CT molecular complexity index is 1610. The fourth-order valence-electron chi connectivity index (χ4n) is 4.89. The maximum atomic E-state index is 2.37. The van der Waals surface area contributed by atoms with Gasteiger partial charge in [-0.05, 0) is 74.0 Å². The molecular weight excluding hydrogens is 412 g/mol. The van der Waals surface area contributed by atoms with Crippen LogP contribution in [0, 0.1) is 13.8 Å². The first-order chi connectivity index (χ1) is 16.7. The summed E-state index contributed by atoms with van der Waals surface area (Å²) in [6, 6.07) is 43.5. The lowest BCUT2D eigenvalue weighted by atomic mass is 10.1. The summed E-state index contributed by atoms with van der Waals surface area (Å²) in [5.74, 6) is 0. The van der Waals surface area contributed by atoms with Crippen LogP contribution in [0.4, 0.5) is 17.1 Å². The SMILES string of the molecule is Cc1ccc(-n2c3ccccc3c3cc(N(c4ccccc4)c4ccccc4C)ccc32)cc1. The van der Waals surface area contributed by atoms with Crippen molar-refractivity contribution in [1.29, 1.82) is 0 Å². The van der Waals surface area contributed by atoms with Gasteiger partial charge < -0.3 is 9.47 Å². The van der Waals surface area contributed by atoms with E-state index in [1.807, 2.05) is 0 Å². The molecule has 0 fully saturated rings. The Morgan fingerprint density at radius 2 is 1.21 bits per heavy atom. The Kier molecular flexibility index (Phi) is 4.92. The fraction of sp³-hybridized carbons (Fsp3) is 0.0625. The summed E-state index contributed by atoms with van der Waals surface area (Å²) in [4.78, 5) is 2.35. The van der Waals surface area contributed by atoms with Crippen LogP contribution in [-0.2, 0) is 0 Å². The average molecular weight is 439 g/mol. The van der Waals surface area contributed by atoms with E-state index in [0.717, 1.165) is 11.4 Å². The molecule has 0 bridgehead atoms. The van der Waals surface area contributed by atoms with E-state index in [4.69, 9.17) is 0 Å². The maximum Gasteiger partial charge on any atom is 0.0542 e. The third-order valence-electron chi connectivity index (χ3n) is 6.58. The molecule has 0 amide bonds. The van der Waals surface area contributed by atoms with Crippen molar-refractivity contribution in [1.82, 2.24) is 4.57 Å². The number of nitrogens with zero attached hydrogens (tertiary/aromatic N) is 2. The van der Waals surface area contributed by atoms with E-state index in [-0.39, 0.29) is 0 Å². The van der Waals surface area contributed by atoms with Crippen LogP contribution in [0.2, 0.25) is 0 Å². The first kappa shape index (κ1) is 20.3. The highest BCUT2D eigenvalue weighted by molar-refractivity contribution is 6.10. The molecule has 6 aromatic rings. The van der Waals surface area contributed by atoms with Gasteiger partial charge in [-0.3, -0.25) is 0 Å². The number of aryl methyl sites for hydroxylation is 2. The normalized spacial score (nSPS) is 11.2. The Labute approximate surface area is 200 Å². The number of aromatic nitrogens is 1. The molecule has 0 radical (unpaired) electrons. The van der Waals surface area contributed by atoms with Crippen molar-refractivity contribution in [2.45, 2.75) is 13.8 Å². The molecule has 0 aliphatic carbocycles. The standard InChI is InChI=1S/C32H26N2/c1-23-16-18-26(19-17-23)34-31-15-9-7-13-28(31)29-22-27(20-21-32(29)34)33(25-11-4-3-5-12-25)30-14-8-6-10-24(30)2/h3-22H,1-2H3. The van der Waals surface area contributed by atoms with E-state index < -0.39 is 0 Å². The molecule has 0 N–H and O–H groups in total. The van der Waals surface area contributed by atoms with Crippen molar-refractivity contribution in [2.24, 2.45) is 0 Å². The van der Waals surface area contributed by atoms with Gasteiger partial charge in [-0.1, -0.05) is 72.3 Å². The highest BCUT2D eigenvalue weighted by Gasteiger charge is 2.17. The zero-order valence-electron chi connectivity index (χ0n) is 19.4. The fourth-order valence-corrected chi connectivity index (χ4v) is 4.89. The molecule has 2 nitrogen and oxygen atoms in total. The van der Waals surface area contributed by atoms with Crippen LogP contribution in [0.15, 0.2) is 121 Å². The molecule has 0 aliphatic heterocycles. The largest absolute Gasteiger partial charge is 0.310 e. The zero-order chi connectivity index (χ0) is 23.1. The predicted molar refractivity (Wildman–Crippen MR) is 145 cm³/mol. The van der Waals surface area contributed by atoms with Crippen LogP contribution in [0.3, 0.4) is 0 Å². The molecular formula is C32H26N2. The molecule has 0 saturated heterocycles. The lowest BCUT2D eigenvalue weighted by Crippen LogP contribution is -2.11. The van der Waals surface area contributed by atoms with Crippen LogP contribution >= 0.6 is 0 Å². The van der Waals surface area contributed by atoms with E-state index >= 15 is 0 Å². The highest BCUT2D eigenvalue weighted by atomic mass is 15.1. The molecule has 1 aromatic heterocycles.